The first-order chi connectivity index (χ1) is 12.7. The van der Waals surface area contributed by atoms with Gasteiger partial charge in [-0.2, -0.15) is 0 Å². The fourth-order valence-corrected chi connectivity index (χ4v) is 2.74. The molecule has 2 rings (SSSR count). The van der Waals surface area contributed by atoms with Crippen molar-refractivity contribution >= 4 is 23.4 Å². The maximum Gasteiger partial charge on any atom is 0.407 e. The fourth-order valence-electron chi connectivity index (χ4n) is 2.74. The van der Waals surface area contributed by atoms with Crippen molar-refractivity contribution in [3.8, 4) is 0 Å². The molecule has 1 aromatic rings. The molecule has 0 aliphatic carbocycles. The van der Waals surface area contributed by atoms with Gasteiger partial charge in [0, 0.05) is 57.0 Å². The van der Waals surface area contributed by atoms with Crippen LogP contribution in [0.2, 0.25) is 0 Å². The second-order valence-corrected chi connectivity index (χ2v) is 7.32. The van der Waals surface area contributed by atoms with Gasteiger partial charge >= 0.3 is 6.09 Å². The number of amides is 2. The van der Waals surface area contributed by atoms with Crippen LogP contribution >= 0.6 is 0 Å². The Morgan fingerprint density at radius 3 is 2.26 bits per heavy atom. The third-order valence-electron chi connectivity index (χ3n) is 4.07. The zero-order chi connectivity index (χ0) is 20.0. The van der Waals surface area contributed by atoms with Crippen LogP contribution in [-0.4, -0.2) is 60.1 Å². The molecule has 1 aliphatic rings. The standard InChI is InChI=1S/C18H26N4O5/c1-18(2,3)27-17(24)19-9-8-16(23)21-12-10-20(11-13-21)14-4-6-15(7-5-14)22(25)26/h4-7H,8-13H2,1-3H3,(H,19,24). The summed E-state index contributed by atoms with van der Waals surface area (Å²) >= 11 is 0. The predicted molar refractivity (Wildman–Crippen MR) is 101 cm³/mol. The Balaban J connectivity index is 1.74. The Kier molecular flexibility index (Phi) is 6.59. The summed E-state index contributed by atoms with van der Waals surface area (Å²) in [5.74, 6) is -0.0191. The van der Waals surface area contributed by atoms with E-state index in [1.165, 1.54) is 12.1 Å². The van der Waals surface area contributed by atoms with Gasteiger partial charge in [0.2, 0.25) is 5.91 Å². The van der Waals surface area contributed by atoms with Crippen molar-refractivity contribution < 1.29 is 19.2 Å². The lowest BCUT2D eigenvalue weighted by atomic mass is 10.2. The van der Waals surface area contributed by atoms with Gasteiger partial charge in [-0.25, -0.2) is 4.79 Å². The van der Waals surface area contributed by atoms with E-state index in [-0.39, 0.29) is 24.6 Å². The van der Waals surface area contributed by atoms with Crippen molar-refractivity contribution in [3.05, 3.63) is 34.4 Å². The molecule has 0 atom stereocenters. The van der Waals surface area contributed by atoms with Gasteiger partial charge < -0.3 is 19.9 Å². The first-order valence-electron chi connectivity index (χ1n) is 8.90. The fraction of sp³-hybridized carbons (Fsp3) is 0.556. The van der Waals surface area contributed by atoms with Gasteiger partial charge in [0.25, 0.3) is 5.69 Å². The highest BCUT2D eigenvalue weighted by molar-refractivity contribution is 5.77. The van der Waals surface area contributed by atoms with Gasteiger partial charge in [-0.1, -0.05) is 0 Å². The second kappa shape index (κ2) is 8.70. The van der Waals surface area contributed by atoms with E-state index in [9.17, 15) is 19.7 Å². The minimum atomic E-state index is -0.567. The molecule has 27 heavy (non-hydrogen) atoms. The molecule has 1 aromatic carbocycles. The smallest absolute Gasteiger partial charge is 0.407 e. The molecular weight excluding hydrogens is 352 g/mol. The molecule has 1 heterocycles. The molecular formula is C18H26N4O5. The highest BCUT2D eigenvalue weighted by Crippen LogP contribution is 2.20. The number of nitro benzene ring substituents is 1. The lowest BCUT2D eigenvalue weighted by molar-refractivity contribution is -0.384. The third kappa shape index (κ3) is 6.43. The molecule has 0 aromatic heterocycles. The van der Waals surface area contributed by atoms with Crippen LogP contribution in [0.5, 0.6) is 0 Å². The number of hydrogen-bond acceptors (Lipinski definition) is 6. The van der Waals surface area contributed by atoms with Gasteiger partial charge in [-0.3, -0.25) is 14.9 Å². The number of ether oxygens (including phenoxy) is 1. The summed E-state index contributed by atoms with van der Waals surface area (Å²) in [5, 5.41) is 13.3. The zero-order valence-corrected chi connectivity index (χ0v) is 15.9. The highest BCUT2D eigenvalue weighted by Gasteiger charge is 2.22. The van der Waals surface area contributed by atoms with Gasteiger partial charge in [0.05, 0.1) is 4.92 Å². The van der Waals surface area contributed by atoms with Gasteiger partial charge in [0.15, 0.2) is 0 Å². The molecule has 0 bridgehead atoms. The number of non-ortho nitro benzene ring substituents is 1. The number of anilines is 1. The minimum Gasteiger partial charge on any atom is -0.444 e. The summed E-state index contributed by atoms with van der Waals surface area (Å²) in [4.78, 5) is 38.0. The Hall–Kier alpha value is -2.84. The van der Waals surface area contributed by atoms with E-state index in [4.69, 9.17) is 4.74 Å². The van der Waals surface area contributed by atoms with Crippen LogP contribution in [0.15, 0.2) is 24.3 Å². The van der Waals surface area contributed by atoms with Crippen molar-refractivity contribution in [2.75, 3.05) is 37.6 Å². The quantitative estimate of drug-likeness (QED) is 0.622. The van der Waals surface area contributed by atoms with Crippen LogP contribution in [0.1, 0.15) is 27.2 Å². The molecule has 0 saturated carbocycles. The van der Waals surface area contributed by atoms with E-state index in [0.29, 0.717) is 26.2 Å². The Morgan fingerprint density at radius 1 is 1.15 bits per heavy atom. The van der Waals surface area contributed by atoms with Crippen molar-refractivity contribution in [2.24, 2.45) is 0 Å². The van der Waals surface area contributed by atoms with E-state index >= 15 is 0 Å². The molecule has 0 radical (unpaired) electrons. The SMILES string of the molecule is CC(C)(C)OC(=O)NCCC(=O)N1CCN(c2ccc([N+](=O)[O-])cc2)CC1. The number of rotatable bonds is 5. The van der Waals surface area contributed by atoms with Crippen LogP contribution in [0, 0.1) is 10.1 Å². The van der Waals surface area contributed by atoms with E-state index in [1.54, 1.807) is 37.8 Å². The first kappa shape index (κ1) is 20.5. The first-order valence-corrected chi connectivity index (χ1v) is 8.90. The Morgan fingerprint density at radius 2 is 1.74 bits per heavy atom. The number of benzene rings is 1. The van der Waals surface area contributed by atoms with Gasteiger partial charge in [0.1, 0.15) is 5.60 Å². The van der Waals surface area contributed by atoms with Gasteiger partial charge in [-0.05, 0) is 32.9 Å². The number of nitrogens with zero attached hydrogens (tertiary/aromatic N) is 3. The summed E-state index contributed by atoms with van der Waals surface area (Å²) in [5.41, 5.74) is 0.395. The van der Waals surface area contributed by atoms with Crippen LogP contribution < -0.4 is 10.2 Å². The molecule has 1 aliphatic heterocycles. The monoisotopic (exact) mass is 378 g/mol. The Labute approximate surface area is 158 Å². The number of alkyl carbamates (subject to hydrolysis) is 1. The average molecular weight is 378 g/mol. The molecule has 1 fully saturated rings. The van der Waals surface area contributed by atoms with Crippen molar-refractivity contribution in [1.29, 1.82) is 0 Å². The molecule has 1 saturated heterocycles. The van der Waals surface area contributed by atoms with Crippen LogP contribution in [-0.2, 0) is 9.53 Å². The number of carbonyl (C=O) groups excluding carboxylic acids is 2. The maximum absolute atomic E-state index is 12.3. The summed E-state index contributed by atoms with van der Waals surface area (Å²) in [6, 6.07) is 6.41. The largest absolute Gasteiger partial charge is 0.444 e. The van der Waals surface area contributed by atoms with E-state index in [1.807, 2.05) is 0 Å². The van der Waals surface area contributed by atoms with Crippen LogP contribution in [0.25, 0.3) is 0 Å². The summed E-state index contributed by atoms with van der Waals surface area (Å²) < 4.78 is 5.13. The average Bonchev–Trinajstić information content (AvgIpc) is 2.60. The number of nitrogens with one attached hydrogen (secondary N) is 1. The predicted octanol–water partition coefficient (Wildman–Crippen LogP) is 2.16. The van der Waals surface area contributed by atoms with Gasteiger partial charge in [-0.15, -0.1) is 0 Å². The van der Waals surface area contributed by atoms with Crippen molar-refractivity contribution in [2.45, 2.75) is 32.8 Å². The normalized spacial score (nSPS) is 14.6. The topological polar surface area (TPSA) is 105 Å². The molecule has 2 amide bonds. The van der Waals surface area contributed by atoms with E-state index < -0.39 is 16.6 Å². The maximum atomic E-state index is 12.3. The molecule has 0 spiro atoms. The minimum absolute atomic E-state index is 0.0191. The van der Waals surface area contributed by atoms with Crippen molar-refractivity contribution in [1.82, 2.24) is 10.2 Å². The molecule has 148 valence electrons. The lowest BCUT2D eigenvalue weighted by Gasteiger charge is -2.36. The molecule has 0 unspecified atom stereocenters. The molecule has 9 heteroatoms. The van der Waals surface area contributed by atoms with Crippen LogP contribution in [0.4, 0.5) is 16.2 Å². The van der Waals surface area contributed by atoms with Crippen molar-refractivity contribution in [3.63, 3.8) is 0 Å². The number of hydrogen-bond donors (Lipinski definition) is 1. The van der Waals surface area contributed by atoms with E-state index in [2.05, 4.69) is 10.2 Å². The zero-order valence-electron chi connectivity index (χ0n) is 15.9. The summed E-state index contributed by atoms with van der Waals surface area (Å²) in [6.45, 7) is 8.03. The third-order valence-corrected chi connectivity index (χ3v) is 4.07. The van der Waals surface area contributed by atoms with E-state index in [0.717, 1.165) is 5.69 Å². The number of carbonyl (C=O) groups is 2. The van der Waals surface area contributed by atoms with Crippen LogP contribution in [0.3, 0.4) is 0 Å². The Bertz CT molecular complexity index is 676. The summed E-state index contributed by atoms with van der Waals surface area (Å²) in [6.07, 6.45) is -0.310. The lowest BCUT2D eigenvalue weighted by Crippen LogP contribution is -2.49. The summed E-state index contributed by atoms with van der Waals surface area (Å²) in [7, 11) is 0. The molecule has 9 nitrogen and oxygen atoms in total. The molecule has 1 N–H and O–H groups in total. The number of piperazine rings is 1. The number of nitro groups is 1. The second-order valence-electron chi connectivity index (χ2n) is 7.32. The highest BCUT2D eigenvalue weighted by atomic mass is 16.6.